The molecule has 6 nitrogen and oxygen atoms in total. The number of pyridine rings is 1. The van der Waals surface area contributed by atoms with E-state index in [4.69, 9.17) is 0 Å². The predicted molar refractivity (Wildman–Crippen MR) is 65.1 cm³/mol. The molecule has 0 aliphatic heterocycles. The summed E-state index contributed by atoms with van der Waals surface area (Å²) >= 11 is 0. The molecule has 2 aromatic heterocycles. The number of hydrogen-bond donors (Lipinski definition) is 0. The van der Waals surface area contributed by atoms with Crippen LogP contribution in [0, 0.1) is 10.1 Å². The molecular formula is C12H8N4O2. The van der Waals surface area contributed by atoms with E-state index < -0.39 is 4.92 Å². The van der Waals surface area contributed by atoms with Gasteiger partial charge in [0.25, 0.3) is 5.69 Å². The average molecular weight is 240 g/mol. The summed E-state index contributed by atoms with van der Waals surface area (Å²) in [5, 5.41) is 14.9. The lowest BCUT2D eigenvalue weighted by Crippen LogP contribution is -1.92. The van der Waals surface area contributed by atoms with Crippen molar-refractivity contribution < 1.29 is 4.92 Å². The zero-order valence-corrected chi connectivity index (χ0v) is 9.22. The first kappa shape index (κ1) is 10.4. The minimum Gasteiger partial charge on any atom is -0.258 e. The zero-order chi connectivity index (χ0) is 12.5. The molecule has 3 aromatic rings. The van der Waals surface area contributed by atoms with E-state index in [0.29, 0.717) is 11.5 Å². The van der Waals surface area contributed by atoms with Crippen molar-refractivity contribution in [2.45, 2.75) is 0 Å². The van der Waals surface area contributed by atoms with E-state index in [9.17, 15) is 10.1 Å². The molecule has 0 unspecified atom stereocenters. The van der Waals surface area contributed by atoms with Crippen LogP contribution in [0.3, 0.4) is 0 Å². The fourth-order valence-corrected chi connectivity index (χ4v) is 1.69. The van der Waals surface area contributed by atoms with Crippen LogP contribution in [0.25, 0.3) is 17.0 Å². The van der Waals surface area contributed by atoms with Crippen LogP contribution in [0.5, 0.6) is 0 Å². The number of rotatable bonds is 2. The Morgan fingerprint density at radius 2 is 1.89 bits per heavy atom. The van der Waals surface area contributed by atoms with Gasteiger partial charge in [0, 0.05) is 11.6 Å². The summed E-state index contributed by atoms with van der Waals surface area (Å²) in [5.74, 6) is 0.552. The molecule has 0 aliphatic rings. The maximum absolute atomic E-state index is 10.7. The molecule has 3 rings (SSSR count). The van der Waals surface area contributed by atoms with Crippen LogP contribution in [-0.4, -0.2) is 19.5 Å². The molecule has 0 radical (unpaired) electrons. The Morgan fingerprint density at radius 1 is 1.11 bits per heavy atom. The van der Waals surface area contributed by atoms with Gasteiger partial charge in [0.15, 0.2) is 11.5 Å². The van der Waals surface area contributed by atoms with Gasteiger partial charge in [-0.2, -0.15) is 0 Å². The molecule has 18 heavy (non-hydrogen) atoms. The van der Waals surface area contributed by atoms with Gasteiger partial charge in [0.1, 0.15) is 6.20 Å². The molecule has 0 saturated carbocycles. The quantitative estimate of drug-likeness (QED) is 0.509. The smallest absolute Gasteiger partial charge is 0.258 e. The lowest BCUT2D eigenvalue weighted by Gasteiger charge is -1.91. The van der Waals surface area contributed by atoms with Gasteiger partial charge in [0.2, 0.25) is 0 Å². The predicted octanol–water partition coefficient (Wildman–Crippen LogP) is 2.30. The second kappa shape index (κ2) is 3.92. The van der Waals surface area contributed by atoms with Crippen molar-refractivity contribution in [3.05, 3.63) is 58.8 Å². The summed E-state index contributed by atoms with van der Waals surface area (Å²) in [5.41, 5.74) is 1.45. The summed E-state index contributed by atoms with van der Waals surface area (Å²) < 4.78 is 1.42. The molecule has 0 saturated heterocycles. The summed E-state index contributed by atoms with van der Waals surface area (Å²) in [6.07, 6.45) is 1.36. The standard InChI is InChI=1S/C12H8N4O2/c17-16(18)10-6-7-11-13-12(14-15(11)8-10)9-4-2-1-3-5-9/h1-8H. The molecule has 0 aliphatic carbocycles. The molecule has 0 spiro atoms. The highest BCUT2D eigenvalue weighted by molar-refractivity contribution is 5.58. The normalized spacial score (nSPS) is 10.7. The number of benzene rings is 1. The minimum atomic E-state index is -0.455. The Hall–Kier alpha value is -2.76. The SMILES string of the molecule is O=[N+]([O-])c1ccc2nc(-c3ccccc3)nn2c1. The van der Waals surface area contributed by atoms with Crippen molar-refractivity contribution in [2.24, 2.45) is 0 Å². The molecule has 0 amide bonds. The van der Waals surface area contributed by atoms with Crippen LogP contribution in [0.15, 0.2) is 48.7 Å². The Morgan fingerprint density at radius 3 is 2.61 bits per heavy atom. The highest BCUT2D eigenvalue weighted by atomic mass is 16.6. The fourth-order valence-electron chi connectivity index (χ4n) is 1.69. The van der Waals surface area contributed by atoms with Crippen molar-refractivity contribution >= 4 is 11.3 Å². The van der Waals surface area contributed by atoms with E-state index in [2.05, 4.69) is 10.1 Å². The third-order valence-electron chi connectivity index (χ3n) is 2.56. The summed E-state index contributed by atoms with van der Waals surface area (Å²) in [4.78, 5) is 14.5. The summed E-state index contributed by atoms with van der Waals surface area (Å²) in [7, 11) is 0. The van der Waals surface area contributed by atoms with Gasteiger partial charge in [-0.25, -0.2) is 9.50 Å². The van der Waals surface area contributed by atoms with Crippen molar-refractivity contribution in [3.8, 4) is 11.4 Å². The van der Waals surface area contributed by atoms with E-state index in [0.717, 1.165) is 5.56 Å². The molecule has 2 heterocycles. The first-order chi connectivity index (χ1) is 8.74. The molecule has 0 atom stereocenters. The van der Waals surface area contributed by atoms with Crippen LogP contribution in [-0.2, 0) is 0 Å². The number of nitrogens with zero attached hydrogens (tertiary/aromatic N) is 4. The van der Waals surface area contributed by atoms with Crippen molar-refractivity contribution in [1.82, 2.24) is 14.6 Å². The fraction of sp³-hybridized carbons (Fsp3) is 0. The topological polar surface area (TPSA) is 73.3 Å². The van der Waals surface area contributed by atoms with Gasteiger partial charge in [-0.05, 0) is 6.07 Å². The van der Waals surface area contributed by atoms with Gasteiger partial charge >= 0.3 is 0 Å². The van der Waals surface area contributed by atoms with Crippen molar-refractivity contribution in [1.29, 1.82) is 0 Å². The Bertz CT molecular complexity index is 721. The summed E-state index contributed by atoms with van der Waals surface area (Å²) in [6, 6.07) is 12.5. The monoisotopic (exact) mass is 240 g/mol. The van der Waals surface area contributed by atoms with Gasteiger partial charge in [0.05, 0.1) is 4.92 Å². The van der Waals surface area contributed by atoms with E-state index in [1.165, 1.54) is 16.8 Å². The van der Waals surface area contributed by atoms with Crippen molar-refractivity contribution in [3.63, 3.8) is 0 Å². The molecule has 88 valence electrons. The number of hydrogen-bond acceptors (Lipinski definition) is 4. The first-order valence-electron chi connectivity index (χ1n) is 5.30. The second-order valence-corrected chi connectivity index (χ2v) is 3.75. The lowest BCUT2D eigenvalue weighted by molar-refractivity contribution is -0.385. The van der Waals surface area contributed by atoms with Crippen molar-refractivity contribution in [2.75, 3.05) is 0 Å². The number of aromatic nitrogens is 3. The van der Waals surface area contributed by atoms with Gasteiger partial charge in [-0.1, -0.05) is 30.3 Å². The third kappa shape index (κ3) is 1.69. The van der Waals surface area contributed by atoms with Crippen LogP contribution in [0.4, 0.5) is 5.69 Å². The molecule has 0 fully saturated rings. The van der Waals surface area contributed by atoms with Gasteiger partial charge in [-0.3, -0.25) is 10.1 Å². The maximum Gasteiger partial charge on any atom is 0.287 e. The van der Waals surface area contributed by atoms with Crippen LogP contribution >= 0.6 is 0 Å². The zero-order valence-electron chi connectivity index (χ0n) is 9.22. The van der Waals surface area contributed by atoms with E-state index in [-0.39, 0.29) is 5.69 Å². The van der Waals surface area contributed by atoms with E-state index >= 15 is 0 Å². The second-order valence-electron chi connectivity index (χ2n) is 3.75. The molecular weight excluding hydrogens is 232 g/mol. The number of fused-ring (bicyclic) bond motifs is 1. The Labute approximate surface area is 102 Å². The lowest BCUT2D eigenvalue weighted by atomic mass is 10.2. The van der Waals surface area contributed by atoms with Crippen LogP contribution in [0.1, 0.15) is 0 Å². The average Bonchev–Trinajstić information content (AvgIpc) is 2.82. The Balaban J connectivity index is 2.14. The molecule has 6 heteroatoms. The van der Waals surface area contributed by atoms with E-state index in [1.54, 1.807) is 6.07 Å². The highest BCUT2D eigenvalue weighted by Crippen LogP contribution is 2.17. The molecule has 0 bridgehead atoms. The van der Waals surface area contributed by atoms with Gasteiger partial charge in [-0.15, -0.1) is 5.10 Å². The summed E-state index contributed by atoms with van der Waals surface area (Å²) in [6.45, 7) is 0. The van der Waals surface area contributed by atoms with Gasteiger partial charge < -0.3 is 0 Å². The number of nitro groups is 1. The van der Waals surface area contributed by atoms with Crippen LogP contribution < -0.4 is 0 Å². The third-order valence-corrected chi connectivity index (χ3v) is 2.56. The van der Waals surface area contributed by atoms with Crippen LogP contribution in [0.2, 0.25) is 0 Å². The molecule has 0 N–H and O–H groups in total. The first-order valence-corrected chi connectivity index (χ1v) is 5.30. The largest absolute Gasteiger partial charge is 0.287 e. The molecule has 1 aromatic carbocycles. The van der Waals surface area contributed by atoms with E-state index in [1.807, 2.05) is 30.3 Å². The highest BCUT2D eigenvalue weighted by Gasteiger charge is 2.10. The Kier molecular flexibility index (Phi) is 2.26. The minimum absolute atomic E-state index is 0.00740. The maximum atomic E-state index is 10.7.